The molecule has 1 heteroatoms. The van der Waals surface area contributed by atoms with Crippen LogP contribution in [0.4, 0.5) is 0 Å². The van der Waals surface area contributed by atoms with Crippen LogP contribution in [0.2, 0.25) is 11.6 Å². The normalized spacial score (nSPS) is 18.9. The lowest BCUT2D eigenvalue weighted by molar-refractivity contribution is 0.518. The summed E-state index contributed by atoms with van der Waals surface area (Å²) in [6.07, 6.45) is 37.3. The van der Waals surface area contributed by atoms with Gasteiger partial charge in [0.25, 0.3) is 0 Å². The van der Waals surface area contributed by atoms with Gasteiger partial charge < -0.3 is 0 Å². The van der Waals surface area contributed by atoms with E-state index in [2.05, 4.69) is 13.8 Å². The molecular formula is C29H59B. The first-order valence-corrected chi connectivity index (χ1v) is 14.9. The minimum absolute atomic E-state index is 1.04. The van der Waals surface area contributed by atoms with Crippen molar-refractivity contribution in [2.24, 2.45) is 0 Å². The largest absolute Gasteiger partial charge is 0.127 e. The van der Waals surface area contributed by atoms with Gasteiger partial charge in [0.2, 0.25) is 0 Å². The van der Waals surface area contributed by atoms with E-state index in [1.165, 1.54) is 148 Å². The minimum Gasteiger partial charge on any atom is -0.0654 e. The van der Waals surface area contributed by atoms with Crippen LogP contribution in [0.15, 0.2) is 0 Å². The summed E-state index contributed by atoms with van der Waals surface area (Å²) in [5, 5.41) is 0. The predicted octanol–water partition coefficient (Wildman–Crippen LogP) is 10.8. The molecule has 1 fully saturated rings. The Morgan fingerprint density at radius 2 is 0.867 bits per heavy atom. The standard InChI is InChI=1S/C29H59B/c1-3-5-7-9-17-21-25-28(24-20-16-8-6-4-2)30-29-26-22-18-14-12-10-11-13-15-19-23-27-29/h28-30H,3-27H2,1-2H3. The van der Waals surface area contributed by atoms with Gasteiger partial charge >= 0.3 is 0 Å². The third-order valence-electron chi connectivity index (χ3n) is 7.82. The molecule has 0 amide bonds. The lowest BCUT2D eigenvalue weighted by atomic mass is 9.50. The van der Waals surface area contributed by atoms with Crippen molar-refractivity contribution in [2.75, 3.05) is 0 Å². The average molecular weight is 419 g/mol. The summed E-state index contributed by atoms with van der Waals surface area (Å²) in [6.45, 7) is 4.67. The van der Waals surface area contributed by atoms with Crippen molar-refractivity contribution >= 4 is 7.28 Å². The van der Waals surface area contributed by atoms with Crippen molar-refractivity contribution in [3.8, 4) is 0 Å². The molecular weight excluding hydrogens is 359 g/mol. The molecule has 0 aromatic carbocycles. The summed E-state index contributed by atoms with van der Waals surface area (Å²) < 4.78 is 0. The molecule has 0 spiro atoms. The smallest absolute Gasteiger partial charge is 0.0654 e. The molecule has 0 heterocycles. The van der Waals surface area contributed by atoms with E-state index in [1.807, 2.05) is 0 Å². The van der Waals surface area contributed by atoms with Gasteiger partial charge in [-0.2, -0.15) is 0 Å². The second-order valence-electron chi connectivity index (χ2n) is 10.8. The summed E-state index contributed by atoms with van der Waals surface area (Å²) >= 11 is 0. The van der Waals surface area contributed by atoms with Crippen LogP contribution in [0, 0.1) is 0 Å². The molecule has 1 aliphatic rings. The zero-order chi connectivity index (χ0) is 21.5. The average Bonchev–Trinajstić information content (AvgIpc) is 2.78. The van der Waals surface area contributed by atoms with Gasteiger partial charge in [-0.3, -0.25) is 0 Å². The zero-order valence-corrected chi connectivity index (χ0v) is 21.5. The van der Waals surface area contributed by atoms with Crippen LogP contribution >= 0.6 is 0 Å². The maximum absolute atomic E-state index is 2.34. The van der Waals surface area contributed by atoms with Gasteiger partial charge in [0.1, 0.15) is 7.28 Å². The fraction of sp³-hybridized carbons (Fsp3) is 1.00. The van der Waals surface area contributed by atoms with E-state index >= 15 is 0 Å². The van der Waals surface area contributed by atoms with Crippen molar-refractivity contribution < 1.29 is 0 Å². The molecule has 1 atom stereocenters. The maximum atomic E-state index is 2.34. The van der Waals surface area contributed by atoms with Gasteiger partial charge in [-0.15, -0.1) is 0 Å². The lowest BCUT2D eigenvalue weighted by Crippen LogP contribution is -2.12. The minimum atomic E-state index is 1.04. The fourth-order valence-corrected chi connectivity index (χ4v) is 5.76. The van der Waals surface area contributed by atoms with Crippen molar-refractivity contribution in [3.05, 3.63) is 0 Å². The van der Waals surface area contributed by atoms with Gasteiger partial charge in [-0.05, 0) is 0 Å². The topological polar surface area (TPSA) is 0 Å². The number of rotatable bonds is 15. The van der Waals surface area contributed by atoms with Crippen molar-refractivity contribution in [1.82, 2.24) is 0 Å². The Bertz CT molecular complexity index is 312. The molecule has 178 valence electrons. The molecule has 0 aromatic heterocycles. The number of unbranched alkanes of at least 4 members (excludes halogenated alkanes) is 9. The Hall–Kier alpha value is 0.0649. The summed E-state index contributed by atoms with van der Waals surface area (Å²) in [7, 11) is 1.57. The van der Waals surface area contributed by atoms with Crippen LogP contribution in [-0.2, 0) is 0 Å². The van der Waals surface area contributed by atoms with Crippen molar-refractivity contribution in [2.45, 2.75) is 186 Å². The molecule has 1 saturated carbocycles. The Balaban J connectivity index is 2.42. The van der Waals surface area contributed by atoms with Crippen LogP contribution in [-0.4, -0.2) is 7.28 Å². The van der Waals surface area contributed by atoms with E-state index < -0.39 is 0 Å². The van der Waals surface area contributed by atoms with E-state index in [0.717, 1.165) is 11.6 Å². The molecule has 1 rings (SSSR count). The highest BCUT2D eigenvalue weighted by molar-refractivity contribution is 6.39. The Morgan fingerprint density at radius 3 is 1.30 bits per heavy atom. The molecule has 0 bridgehead atoms. The molecule has 0 saturated heterocycles. The van der Waals surface area contributed by atoms with Gasteiger partial charge in [-0.1, -0.05) is 186 Å². The summed E-state index contributed by atoms with van der Waals surface area (Å²) in [5.74, 6) is 2.09. The first kappa shape index (κ1) is 28.1. The second kappa shape index (κ2) is 22.3. The van der Waals surface area contributed by atoms with Gasteiger partial charge in [0.15, 0.2) is 0 Å². The maximum Gasteiger partial charge on any atom is 0.127 e. The fourth-order valence-electron chi connectivity index (χ4n) is 5.76. The van der Waals surface area contributed by atoms with E-state index in [4.69, 9.17) is 0 Å². The summed E-state index contributed by atoms with van der Waals surface area (Å²) in [5.41, 5.74) is 0. The lowest BCUT2D eigenvalue weighted by Gasteiger charge is -2.23. The summed E-state index contributed by atoms with van der Waals surface area (Å²) in [4.78, 5) is 0. The first-order chi connectivity index (χ1) is 14.9. The highest BCUT2D eigenvalue weighted by atomic mass is 14.1. The third-order valence-corrected chi connectivity index (χ3v) is 7.82. The number of hydrogen-bond acceptors (Lipinski definition) is 0. The highest BCUT2D eigenvalue weighted by Gasteiger charge is 2.18. The molecule has 0 nitrogen and oxygen atoms in total. The van der Waals surface area contributed by atoms with Crippen LogP contribution in [0.5, 0.6) is 0 Å². The summed E-state index contributed by atoms with van der Waals surface area (Å²) in [6, 6.07) is 0. The van der Waals surface area contributed by atoms with Gasteiger partial charge in [-0.25, -0.2) is 0 Å². The van der Waals surface area contributed by atoms with E-state index in [1.54, 1.807) is 20.1 Å². The van der Waals surface area contributed by atoms with E-state index in [0.29, 0.717) is 0 Å². The van der Waals surface area contributed by atoms with Crippen LogP contribution in [0.1, 0.15) is 174 Å². The van der Waals surface area contributed by atoms with Crippen LogP contribution in [0.25, 0.3) is 0 Å². The first-order valence-electron chi connectivity index (χ1n) is 14.9. The number of hydrogen-bond donors (Lipinski definition) is 0. The van der Waals surface area contributed by atoms with Crippen molar-refractivity contribution in [3.63, 3.8) is 0 Å². The zero-order valence-electron chi connectivity index (χ0n) is 21.5. The third kappa shape index (κ3) is 17.7. The molecule has 30 heavy (non-hydrogen) atoms. The molecule has 0 aliphatic heterocycles. The molecule has 0 N–H and O–H groups in total. The Morgan fingerprint density at radius 1 is 0.500 bits per heavy atom. The Kier molecular flexibility index (Phi) is 20.9. The van der Waals surface area contributed by atoms with Crippen LogP contribution < -0.4 is 0 Å². The molecule has 1 aliphatic carbocycles. The predicted molar refractivity (Wildman–Crippen MR) is 141 cm³/mol. The van der Waals surface area contributed by atoms with Crippen molar-refractivity contribution in [1.29, 1.82) is 0 Å². The van der Waals surface area contributed by atoms with Crippen LogP contribution in [0.3, 0.4) is 0 Å². The second-order valence-corrected chi connectivity index (χ2v) is 10.8. The molecule has 1 unspecified atom stereocenters. The van der Waals surface area contributed by atoms with E-state index in [-0.39, 0.29) is 0 Å². The SMILES string of the molecule is CCCCCCCCC(BC1CCCCCCCCCCCC1)CCCCCCC. The quantitative estimate of drug-likeness (QED) is 0.183. The Labute approximate surface area is 193 Å². The molecule has 0 radical (unpaired) electrons. The van der Waals surface area contributed by atoms with E-state index in [9.17, 15) is 0 Å². The van der Waals surface area contributed by atoms with Gasteiger partial charge in [0, 0.05) is 0 Å². The van der Waals surface area contributed by atoms with Gasteiger partial charge in [0.05, 0.1) is 0 Å². The monoisotopic (exact) mass is 418 g/mol. The molecule has 0 aromatic rings. The highest BCUT2D eigenvalue weighted by Crippen LogP contribution is 2.32.